The number of H-pyrrole nitrogens is 1. The molecule has 1 heterocycles. The summed E-state index contributed by atoms with van der Waals surface area (Å²) in [5.74, 6) is -0.260. The van der Waals surface area contributed by atoms with Crippen LogP contribution in [0, 0.1) is 6.92 Å². The molecule has 1 aromatic heterocycles. The van der Waals surface area contributed by atoms with E-state index in [1.54, 1.807) is 6.92 Å². The van der Waals surface area contributed by atoms with Gasteiger partial charge in [-0.05, 0) is 19.1 Å². The number of amides is 1. The third-order valence-electron chi connectivity index (χ3n) is 2.39. The van der Waals surface area contributed by atoms with E-state index in [-0.39, 0.29) is 11.5 Å². The Balaban J connectivity index is 2.52. The molecule has 17 heavy (non-hydrogen) atoms. The molecule has 0 fully saturated rings. The van der Waals surface area contributed by atoms with E-state index in [4.69, 9.17) is 0 Å². The average molecular weight is 231 g/mol. The van der Waals surface area contributed by atoms with Crippen LogP contribution in [-0.2, 0) is 4.79 Å². The zero-order chi connectivity index (χ0) is 12.4. The van der Waals surface area contributed by atoms with Crippen LogP contribution in [0.25, 0.3) is 5.69 Å². The van der Waals surface area contributed by atoms with Crippen molar-refractivity contribution in [2.24, 2.45) is 0 Å². The lowest BCUT2D eigenvalue weighted by atomic mass is 10.3. The summed E-state index contributed by atoms with van der Waals surface area (Å²) in [7, 11) is 0. The second-order valence-corrected chi connectivity index (χ2v) is 3.77. The van der Waals surface area contributed by atoms with Gasteiger partial charge in [0, 0.05) is 6.92 Å². The molecule has 1 aromatic carbocycles. The number of anilines is 1. The van der Waals surface area contributed by atoms with Crippen molar-refractivity contribution in [3.05, 3.63) is 46.4 Å². The summed E-state index contributed by atoms with van der Waals surface area (Å²) < 4.78 is 1.40. The first-order chi connectivity index (χ1) is 8.09. The highest BCUT2D eigenvalue weighted by atomic mass is 16.2. The molecule has 2 rings (SSSR count). The van der Waals surface area contributed by atoms with E-state index >= 15 is 0 Å². The van der Waals surface area contributed by atoms with E-state index < -0.39 is 0 Å². The van der Waals surface area contributed by atoms with Crippen molar-refractivity contribution < 1.29 is 4.79 Å². The standard InChI is InChI=1S/C12H13N3O2/c1-8-11(13-9(2)16)12(17)15(14-8)10-6-4-3-5-7-10/h3-7,14H,1-2H3,(H,13,16). The van der Waals surface area contributed by atoms with Crippen molar-refractivity contribution in [3.63, 3.8) is 0 Å². The maximum absolute atomic E-state index is 12.0. The smallest absolute Gasteiger partial charge is 0.295 e. The van der Waals surface area contributed by atoms with Crippen molar-refractivity contribution >= 4 is 11.6 Å². The third kappa shape index (κ3) is 2.13. The summed E-state index contributed by atoms with van der Waals surface area (Å²) >= 11 is 0. The number of hydrogen-bond acceptors (Lipinski definition) is 2. The van der Waals surface area contributed by atoms with E-state index in [2.05, 4.69) is 10.4 Å². The Morgan fingerprint density at radius 2 is 1.94 bits per heavy atom. The number of aryl methyl sites for hydroxylation is 1. The SMILES string of the molecule is CC(=O)Nc1c(C)[nH]n(-c2ccccc2)c1=O. The normalized spacial score (nSPS) is 10.2. The lowest BCUT2D eigenvalue weighted by Gasteiger charge is -1.99. The molecule has 88 valence electrons. The number of carbonyl (C=O) groups excluding carboxylic acids is 1. The lowest BCUT2D eigenvalue weighted by molar-refractivity contribution is -0.114. The molecule has 5 nitrogen and oxygen atoms in total. The van der Waals surface area contributed by atoms with Gasteiger partial charge in [0.25, 0.3) is 5.56 Å². The molecular formula is C12H13N3O2. The number of hydrogen-bond donors (Lipinski definition) is 2. The van der Waals surface area contributed by atoms with Crippen LogP contribution in [0.5, 0.6) is 0 Å². The first kappa shape index (κ1) is 11.2. The highest BCUT2D eigenvalue weighted by Crippen LogP contribution is 2.10. The molecule has 0 aliphatic carbocycles. The maximum atomic E-state index is 12.0. The van der Waals surface area contributed by atoms with Gasteiger partial charge in [-0.25, -0.2) is 4.68 Å². The molecule has 0 atom stereocenters. The second-order valence-electron chi connectivity index (χ2n) is 3.77. The molecule has 5 heteroatoms. The Morgan fingerprint density at radius 3 is 2.53 bits per heavy atom. The van der Waals surface area contributed by atoms with Crippen molar-refractivity contribution in [1.29, 1.82) is 0 Å². The van der Waals surface area contributed by atoms with E-state index in [1.165, 1.54) is 11.6 Å². The van der Waals surface area contributed by atoms with Crippen molar-refractivity contribution in [2.45, 2.75) is 13.8 Å². The van der Waals surface area contributed by atoms with Gasteiger partial charge in [-0.2, -0.15) is 0 Å². The van der Waals surface area contributed by atoms with Gasteiger partial charge in [-0.1, -0.05) is 18.2 Å². The van der Waals surface area contributed by atoms with E-state index in [1.807, 2.05) is 30.3 Å². The van der Waals surface area contributed by atoms with Crippen LogP contribution in [0.15, 0.2) is 35.1 Å². The molecule has 0 bridgehead atoms. The number of aromatic nitrogens is 2. The second kappa shape index (κ2) is 4.29. The van der Waals surface area contributed by atoms with Crippen molar-refractivity contribution in [2.75, 3.05) is 5.32 Å². The minimum atomic E-state index is -0.260. The molecule has 2 N–H and O–H groups in total. The quantitative estimate of drug-likeness (QED) is 0.821. The number of para-hydroxylation sites is 1. The van der Waals surface area contributed by atoms with Gasteiger partial charge in [-0.3, -0.25) is 14.7 Å². The molecule has 0 unspecified atom stereocenters. The Hall–Kier alpha value is -2.30. The van der Waals surface area contributed by atoms with Crippen LogP contribution in [0.3, 0.4) is 0 Å². The summed E-state index contributed by atoms with van der Waals surface area (Å²) in [6.45, 7) is 3.12. The van der Waals surface area contributed by atoms with Crippen molar-refractivity contribution in [1.82, 2.24) is 9.78 Å². The maximum Gasteiger partial charge on any atom is 0.295 e. The first-order valence-electron chi connectivity index (χ1n) is 5.24. The van der Waals surface area contributed by atoms with Crippen LogP contribution in [0.1, 0.15) is 12.6 Å². The Bertz CT molecular complexity index is 596. The molecule has 0 aliphatic heterocycles. The highest BCUT2D eigenvalue weighted by molar-refractivity contribution is 5.89. The topological polar surface area (TPSA) is 66.9 Å². The average Bonchev–Trinajstić information content (AvgIpc) is 2.58. The fraction of sp³-hybridized carbons (Fsp3) is 0.167. The van der Waals surface area contributed by atoms with Gasteiger partial charge in [0.2, 0.25) is 5.91 Å². The van der Waals surface area contributed by atoms with E-state index in [0.29, 0.717) is 11.4 Å². The zero-order valence-electron chi connectivity index (χ0n) is 9.65. The molecule has 0 radical (unpaired) electrons. The first-order valence-corrected chi connectivity index (χ1v) is 5.24. The van der Waals surface area contributed by atoms with Crippen LogP contribution < -0.4 is 10.9 Å². The molecule has 2 aromatic rings. The molecular weight excluding hydrogens is 218 g/mol. The van der Waals surface area contributed by atoms with Gasteiger partial charge in [0.1, 0.15) is 5.69 Å². The number of nitrogens with zero attached hydrogens (tertiary/aromatic N) is 1. The van der Waals surface area contributed by atoms with E-state index in [9.17, 15) is 9.59 Å². The number of benzene rings is 1. The number of aromatic amines is 1. The molecule has 0 aliphatic rings. The molecule has 0 spiro atoms. The lowest BCUT2D eigenvalue weighted by Crippen LogP contribution is -2.19. The Labute approximate surface area is 98.1 Å². The van der Waals surface area contributed by atoms with Gasteiger partial charge in [0.05, 0.1) is 11.4 Å². The minimum absolute atomic E-state index is 0.260. The van der Waals surface area contributed by atoms with Gasteiger partial charge < -0.3 is 5.32 Å². The van der Waals surface area contributed by atoms with Crippen LogP contribution in [0.4, 0.5) is 5.69 Å². The number of nitrogens with one attached hydrogen (secondary N) is 2. The number of carbonyl (C=O) groups is 1. The predicted octanol–water partition coefficient (Wildman–Crippen LogP) is 1.43. The largest absolute Gasteiger partial charge is 0.320 e. The molecule has 0 saturated carbocycles. The summed E-state index contributed by atoms with van der Waals surface area (Å²) in [6.07, 6.45) is 0. The van der Waals surface area contributed by atoms with E-state index in [0.717, 1.165) is 5.69 Å². The van der Waals surface area contributed by atoms with Gasteiger partial charge in [0.15, 0.2) is 0 Å². The van der Waals surface area contributed by atoms with Crippen molar-refractivity contribution in [3.8, 4) is 5.69 Å². The fourth-order valence-corrected chi connectivity index (χ4v) is 1.63. The van der Waals surface area contributed by atoms with Gasteiger partial charge >= 0.3 is 0 Å². The predicted molar refractivity (Wildman–Crippen MR) is 65.4 cm³/mol. The fourth-order valence-electron chi connectivity index (χ4n) is 1.63. The summed E-state index contributed by atoms with van der Waals surface area (Å²) in [5, 5.41) is 5.45. The summed E-state index contributed by atoms with van der Waals surface area (Å²) in [5.41, 5.74) is 1.40. The van der Waals surface area contributed by atoms with Crippen LogP contribution in [0.2, 0.25) is 0 Å². The summed E-state index contributed by atoms with van der Waals surface area (Å²) in [6, 6.07) is 9.19. The number of rotatable bonds is 2. The minimum Gasteiger partial charge on any atom is -0.320 e. The zero-order valence-corrected chi connectivity index (χ0v) is 9.65. The van der Waals surface area contributed by atoms with Crippen LogP contribution >= 0.6 is 0 Å². The summed E-state index contributed by atoms with van der Waals surface area (Å²) in [4.78, 5) is 23.0. The Morgan fingerprint density at radius 1 is 1.29 bits per heavy atom. The van der Waals surface area contributed by atoms with Crippen LogP contribution in [-0.4, -0.2) is 15.7 Å². The molecule has 0 saturated heterocycles. The molecule has 1 amide bonds. The van der Waals surface area contributed by atoms with Gasteiger partial charge in [-0.15, -0.1) is 0 Å². The third-order valence-corrected chi connectivity index (χ3v) is 2.39. The highest BCUT2D eigenvalue weighted by Gasteiger charge is 2.12. The Kier molecular flexibility index (Phi) is 2.82. The monoisotopic (exact) mass is 231 g/mol.